The first kappa shape index (κ1) is 25.0. The lowest BCUT2D eigenvalue weighted by atomic mass is 10.00. The van der Waals surface area contributed by atoms with Crippen molar-refractivity contribution in [1.29, 1.82) is 0 Å². The minimum absolute atomic E-state index is 0.0386. The van der Waals surface area contributed by atoms with Gasteiger partial charge in [0.05, 0.1) is 6.04 Å². The number of carbonyl (C=O) groups is 2. The Morgan fingerprint density at radius 2 is 1.83 bits per heavy atom. The molecule has 35 heavy (non-hydrogen) atoms. The Bertz CT molecular complexity index is 1120. The topological polar surface area (TPSA) is 49.9 Å². The number of amides is 2. The molecule has 4 rings (SSSR count). The third-order valence-electron chi connectivity index (χ3n) is 6.50. The Hall–Kier alpha value is -3.12. The molecule has 2 amide bonds. The summed E-state index contributed by atoms with van der Waals surface area (Å²) in [6.07, 6.45) is 1.62. The average molecular weight is 491 g/mol. The largest absolute Gasteiger partial charge is 0.491 e. The zero-order valence-corrected chi connectivity index (χ0v) is 21.6. The lowest BCUT2D eigenvalue weighted by molar-refractivity contribution is -0.135. The predicted molar refractivity (Wildman–Crippen MR) is 141 cm³/mol. The van der Waals surface area contributed by atoms with Crippen LogP contribution in [0.4, 0.5) is 0 Å². The van der Waals surface area contributed by atoms with Crippen LogP contribution in [0.25, 0.3) is 0 Å². The van der Waals surface area contributed by atoms with Crippen molar-refractivity contribution >= 4 is 23.2 Å². The van der Waals surface area contributed by atoms with Crippen LogP contribution >= 0.6 is 11.3 Å². The number of benzene rings is 2. The second-order valence-corrected chi connectivity index (χ2v) is 10.3. The molecule has 1 atom stereocenters. The molecular weight excluding hydrogens is 456 g/mol. The van der Waals surface area contributed by atoms with Crippen molar-refractivity contribution in [2.24, 2.45) is 0 Å². The summed E-state index contributed by atoms with van der Waals surface area (Å²) >= 11 is 1.74. The number of nitrogens with zero attached hydrogens (tertiary/aromatic N) is 2. The van der Waals surface area contributed by atoms with Crippen molar-refractivity contribution in [3.05, 3.63) is 87.6 Å². The smallest absolute Gasteiger partial charge is 0.254 e. The van der Waals surface area contributed by atoms with Crippen LogP contribution in [0, 0.1) is 0 Å². The first-order valence-corrected chi connectivity index (χ1v) is 13.3. The van der Waals surface area contributed by atoms with E-state index in [1.807, 2.05) is 42.2 Å². The molecule has 0 spiro atoms. The van der Waals surface area contributed by atoms with Gasteiger partial charge in [0.1, 0.15) is 18.9 Å². The number of hydrogen-bond acceptors (Lipinski definition) is 4. The second-order valence-electron chi connectivity index (χ2n) is 9.28. The molecule has 0 radical (unpaired) electrons. The van der Waals surface area contributed by atoms with Crippen molar-refractivity contribution in [2.45, 2.75) is 45.6 Å². The minimum atomic E-state index is -0.169. The molecule has 1 aromatic heterocycles. The van der Waals surface area contributed by atoms with Crippen LogP contribution in [0.1, 0.15) is 65.5 Å². The van der Waals surface area contributed by atoms with E-state index < -0.39 is 0 Å². The van der Waals surface area contributed by atoms with E-state index in [9.17, 15) is 9.59 Å². The molecule has 0 fully saturated rings. The van der Waals surface area contributed by atoms with Gasteiger partial charge in [-0.25, -0.2) is 0 Å². The predicted octanol–water partition coefficient (Wildman–Crippen LogP) is 5.93. The van der Waals surface area contributed by atoms with Crippen LogP contribution < -0.4 is 4.74 Å². The minimum Gasteiger partial charge on any atom is -0.491 e. The van der Waals surface area contributed by atoms with Gasteiger partial charge in [0.2, 0.25) is 5.91 Å². The van der Waals surface area contributed by atoms with Crippen molar-refractivity contribution in [2.75, 3.05) is 26.2 Å². The average Bonchev–Trinajstić information content (AvgIpc) is 3.36. The Morgan fingerprint density at radius 3 is 2.51 bits per heavy atom. The highest BCUT2D eigenvalue weighted by molar-refractivity contribution is 7.10. The monoisotopic (exact) mass is 490 g/mol. The van der Waals surface area contributed by atoms with Crippen molar-refractivity contribution in [3.63, 3.8) is 0 Å². The van der Waals surface area contributed by atoms with Crippen molar-refractivity contribution < 1.29 is 14.3 Å². The van der Waals surface area contributed by atoms with Gasteiger partial charge in [-0.05, 0) is 65.6 Å². The fraction of sp³-hybridized carbons (Fsp3) is 0.379. The highest BCUT2D eigenvalue weighted by atomic mass is 32.1. The van der Waals surface area contributed by atoms with Gasteiger partial charge in [-0.2, -0.15) is 0 Å². The number of ether oxygens (including phenoxy) is 1. The van der Waals surface area contributed by atoms with Crippen LogP contribution in [0.2, 0.25) is 0 Å². The van der Waals surface area contributed by atoms with E-state index in [1.54, 1.807) is 28.4 Å². The van der Waals surface area contributed by atoms with Crippen LogP contribution in [0.5, 0.6) is 5.75 Å². The molecule has 0 aliphatic carbocycles. The van der Waals surface area contributed by atoms with Crippen LogP contribution in [-0.2, 0) is 11.2 Å². The quantitative estimate of drug-likeness (QED) is 0.374. The summed E-state index contributed by atoms with van der Waals surface area (Å²) in [5.74, 6) is 1.12. The van der Waals surface area contributed by atoms with Gasteiger partial charge in [0.25, 0.3) is 5.91 Å². The normalized spacial score (nSPS) is 15.1. The van der Waals surface area contributed by atoms with E-state index in [4.69, 9.17) is 4.74 Å². The first-order valence-electron chi connectivity index (χ1n) is 12.4. The zero-order chi connectivity index (χ0) is 24.8. The molecule has 5 nitrogen and oxygen atoms in total. The first-order chi connectivity index (χ1) is 17.0. The van der Waals surface area contributed by atoms with Crippen molar-refractivity contribution in [3.8, 4) is 5.75 Å². The fourth-order valence-electron chi connectivity index (χ4n) is 4.54. The van der Waals surface area contributed by atoms with E-state index in [0.29, 0.717) is 31.2 Å². The molecule has 0 saturated heterocycles. The maximum Gasteiger partial charge on any atom is 0.254 e. The molecule has 1 unspecified atom stereocenters. The van der Waals surface area contributed by atoms with Gasteiger partial charge in [-0.15, -0.1) is 11.3 Å². The number of thiophene rings is 1. The van der Waals surface area contributed by atoms with Gasteiger partial charge >= 0.3 is 0 Å². The van der Waals surface area contributed by atoms with Crippen LogP contribution in [0.3, 0.4) is 0 Å². The maximum atomic E-state index is 13.6. The Kier molecular flexibility index (Phi) is 8.24. The van der Waals surface area contributed by atoms with E-state index in [0.717, 1.165) is 24.2 Å². The fourth-order valence-corrected chi connectivity index (χ4v) is 5.47. The SMILES string of the molecule is CCCN(CC(=O)N1CCc2sccc2C1COc1ccc(C(C)C)cc1)C(=O)c1ccccc1. The maximum absolute atomic E-state index is 13.6. The second kappa shape index (κ2) is 11.5. The Labute approximate surface area is 212 Å². The van der Waals surface area contributed by atoms with Crippen LogP contribution in [0.15, 0.2) is 66.0 Å². The molecule has 2 heterocycles. The summed E-state index contributed by atoms with van der Waals surface area (Å²) in [7, 11) is 0. The highest BCUT2D eigenvalue weighted by Gasteiger charge is 2.33. The molecule has 3 aromatic rings. The summed E-state index contributed by atoms with van der Waals surface area (Å²) in [4.78, 5) is 31.6. The molecule has 6 heteroatoms. The third-order valence-corrected chi connectivity index (χ3v) is 7.49. The Morgan fingerprint density at radius 1 is 1.09 bits per heavy atom. The van der Waals surface area contributed by atoms with Crippen LogP contribution in [-0.4, -0.2) is 47.9 Å². The van der Waals surface area contributed by atoms with E-state index >= 15 is 0 Å². The number of hydrogen-bond donors (Lipinski definition) is 0. The van der Waals surface area contributed by atoms with Crippen molar-refractivity contribution in [1.82, 2.24) is 9.80 Å². The zero-order valence-electron chi connectivity index (χ0n) is 20.8. The molecular formula is C29H34N2O3S. The van der Waals surface area contributed by atoms with Gasteiger partial charge in [0.15, 0.2) is 0 Å². The number of carbonyl (C=O) groups excluding carboxylic acids is 2. The van der Waals surface area contributed by atoms with Gasteiger partial charge < -0.3 is 14.5 Å². The number of fused-ring (bicyclic) bond motifs is 1. The summed E-state index contributed by atoms with van der Waals surface area (Å²) in [5.41, 5.74) is 3.04. The summed E-state index contributed by atoms with van der Waals surface area (Å²) in [5, 5.41) is 2.09. The summed E-state index contributed by atoms with van der Waals surface area (Å²) < 4.78 is 6.19. The highest BCUT2D eigenvalue weighted by Crippen LogP contribution is 2.34. The lowest BCUT2D eigenvalue weighted by Crippen LogP contribution is -2.48. The molecule has 2 aromatic carbocycles. The Balaban J connectivity index is 1.50. The van der Waals surface area contributed by atoms with Gasteiger partial charge in [0, 0.05) is 23.5 Å². The number of rotatable bonds is 9. The molecule has 0 saturated carbocycles. The van der Waals surface area contributed by atoms with E-state index in [1.165, 1.54) is 10.4 Å². The van der Waals surface area contributed by atoms with E-state index in [2.05, 4.69) is 37.4 Å². The molecule has 1 aliphatic heterocycles. The van der Waals surface area contributed by atoms with Gasteiger partial charge in [-0.1, -0.05) is 51.1 Å². The standard InChI is InChI=1S/C29H34N2O3S/c1-4-16-30(29(33)23-8-6-5-7-9-23)19-28(32)31-17-14-27-25(15-18-35-27)26(31)20-34-24-12-10-22(11-13-24)21(2)3/h5-13,15,18,21,26H,4,14,16-17,19-20H2,1-3H3. The molecule has 0 N–H and O–H groups in total. The molecule has 0 bridgehead atoms. The lowest BCUT2D eigenvalue weighted by Gasteiger charge is -2.37. The third kappa shape index (κ3) is 5.93. The van der Waals surface area contributed by atoms with Gasteiger partial charge in [-0.3, -0.25) is 9.59 Å². The summed E-state index contributed by atoms with van der Waals surface area (Å²) in [6, 6.07) is 19.3. The summed E-state index contributed by atoms with van der Waals surface area (Å²) in [6.45, 7) is 7.99. The van der Waals surface area contributed by atoms with E-state index in [-0.39, 0.29) is 24.4 Å². The molecule has 184 valence electrons. The molecule has 1 aliphatic rings.